The number of halogens is 1. The van der Waals surface area contributed by atoms with Crippen LogP contribution in [-0.2, 0) is 6.54 Å². The molecule has 0 bridgehead atoms. The molecule has 0 aliphatic carbocycles. The van der Waals surface area contributed by atoms with E-state index in [1.54, 1.807) is 0 Å². The van der Waals surface area contributed by atoms with Crippen LogP contribution >= 0.6 is 15.9 Å². The summed E-state index contributed by atoms with van der Waals surface area (Å²) >= 11 is 3.32. The Bertz CT molecular complexity index is 339. The first-order valence-electron chi connectivity index (χ1n) is 3.58. The monoisotopic (exact) mass is 224 g/mol. The fourth-order valence-corrected chi connectivity index (χ4v) is 1.80. The van der Waals surface area contributed by atoms with Gasteiger partial charge in [0, 0.05) is 11.0 Å². The van der Waals surface area contributed by atoms with E-state index in [2.05, 4.69) is 22.0 Å². The molecule has 1 aromatic rings. The smallest absolute Gasteiger partial charge is 0.101 e. The van der Waals surface area contributed by atoms with E-state index in [0.29, 0.717) is 12.1 Å². The molecule has 0 heterocycles. The van der Waals surface area contributed by atoms with Gasteiger partial charge < -0.3 is 5.73 Å². The molecule has 0 aromatic heterocycles. The van der Waals surface area contributed by atoms with Crippen LogP contribution in [-0.4, -0.2) is 0 Å². The van der Waals surface area contributed by atoms with Crippen molar-refractivity contribution in [3.63, 3.8) is 0 Å². The predicted octanol–water partition coefficient (Wildman–Crippen LogP) is 2.09. The van der Waals surface area contributed by atoms with Gasteiger partial charge in [-0.05, 0) is 40.0 Å². The topological polar surface area (TPSA) is 49.8 Å². The van der Waals surface area contributed by atoms with Crippen molar-refractivity contribution in [3.8, 4) is 6.07 Å². The van der Waals surface area contributed by atoms with E-state index in [1.165, 1.54) is 0 Å². The Morgan fingerprint density at radius 2 is 2.25 bits per heavy atom. The summed E-state index contributed by atoms with van der Waals surface area (Å²) in [4.78, 5) is 0. The van der Waals surface area contributed by atoms with Gasteiger partial charge in [0.25, 0.3) is 0 Å². The first-order chi connectivity index (χ1) is 5.69. The van der Waals surface area contributed by atoms with Crippen molar-refractivity contribution in [2.24, 2.45) is 5.73 Å². The number of nitriles is 1. The molecule has 2 N–H and O–H groups in total. The Hall–Kier alpha value is -0.850. The molecule has 0 radical (unpaired) electrons. The van der Waals surface area contributed by atoms with Crippen molar-refractivity contribution < 1.29 is 0 Å². The number of nitrogens with zero attached hydrogens (tertiary/aromatic N) is 1. The van der Waals surface area contributed by atoms with Crippen LogP contribution in [0.1, 0.15) is 16.7 Å². The van der Waals surface area contributed by atoms with Gasteiger partial charge in [0.05, 0.1) is 5.56 Å². The second-order valence-electron chi connectivity index (χ2n) is 2.60. The molecule has 0 unspecified atom stereocenters. The average Bonchev–Trinajstić information content (AvgIpc) is 2.03. The summed E-state index contributed by atoms with van der Waals surface area (Å²) in [6.07, 6.45) is 0. The average molecular weight is 225 g/mol. The highest BCUT2D eigenvalue weighted by Gasteiger charge is 2.05. The van der Waals surface area contributed by atoms with Gasteiger partial charge in [-0.2, -0.15) is 5.26 Å². The Morgan fingerprint density at radius 3 is 2.75 bits per heavy atom. The number of nitrogens with two attached hydrogens (primary N) is 1. The van der Waals surface area contributed by atoms with E-state index < -0.39 is 0 Å². The predicted molar refractivity (Wildman–Crippen MR) is 51.5 cm³/mol. The largest absolute Gasteiger partial charge is 0.326 e. The van der Waals surface area contributed by atoms with Crippen molar-refractivity contribution in [2.45, 2.75) is 13.5 Å². The SMILES string of the molecule is Cc1cc(Br)c(C#N)c(CN)c1. The maximum Gasteiger partial charge on any atom is 0.101 e. The minimum Gasteiger partial charge on any atom is -0.326 e. The molecule has 2 nitrogen and oxygen atoms in total. The molecule has 3 heteroatoms. The molecule has 62 valence electrons. The summed E-state index contributed by atoms with van der Waals surface area (Å²) in [6, 6.07) is 5.96. The molecule has 0 saturated heterocycles. The van der Waals surface area contributed by atoms with Gasteiger partial charge in [-0.3, -0.25) is 0 Å². The molecule has 0 spiro atoms. The molecule has 1 aromatic carbocycles. The molecule has 0 atom stereocenters. The van der Waals surface area contributed by atoms with Crippen LogP contribution in [0.4, 0.5) is 0 Å². The molecular weight excluding hydrogens is 216 g/mol. The van der Waals surface area contributed by atoms with Crippen molar-refractivity contribution in [1.82, 2.24) is 0 Å². The fourth-order valence-electron chi connectivity index (χ4n) is 1.10. The Morgan fingerprint density at radius 1 is 1.58 bits per heavy atom. The molecule has 12 heavy (non-hydrogen) atoms. The molecule has 1 rings (SSSR count). The highest BCUT2D eigenvalue weighted by Crippen LogP contribution is 2.21. The third kappa shape index (κ3) is 1.66. The van der Waals surface area contributed by atoms with E-state index >= 15 is 0 Å². The van der Waals surface area contributed by atoms with Crippen LogP contribution < -0.4 is 5.73 Å². The van der Waals surface area contributed by atoms with Gasteiger partial charge in [0.1, 0.15) is 6.07 Å². The quantitative estimate of drug-likeness (QED) is 0.795. The number of aryl methyl sites for hydroxylation is 1. The summed E-state index contributed by atoms with van der Waals surface area (Å²) in [5.74, 6) is 0. The maximum absolute atomic E-state index is 8.79. The van der Waals surface area contributed by atoms with E-state index in [1.807, 2.05) is 19.1 Å². The second kappa shape index (κ2) is 3.70. The first kappa shape index (κ1) is 9.24. The number of rotatable bonds is 1. The summed E-state index contributed by atoms with van der Waals surface area (Å²) < 4.78 is 0.824. The van der Waals surface area contributed by atoms with Crippen LogP contribution in [0.5, 0.6) is 0 Å². The lowest BCUT2D eigenvalue weighted by molar-refractivity contribution is 1.05. The van der Waals surface area contributed by atoms with Crippen LogP contribution in [0.15, 0.2) is 16.6 Å². The van der Waals surface area contributed by atoms with Gasteiger partial charge in [0.15, 0.2) is 0 Å². The van der Waals surface area contributed by atoms with Crippen molar-refractivity contribution in [1.29, 1.82) is 5.26 Å². The van der Waals surface area contributed by atoms with Gasteiger partial charge in [0.2, 0.25) is 0 Å². The molecule has 0 amide bonds. The Balaban J connectivity index is 3.36. The highest BCUT2D eigenvalue weighted by atomic mass is 79.9. The van der Waals surface area contributed by atoms with Crippen LogP contribution in [0.25, 0.3) is 0 Å². The third-order valence-corrected chi connectivity index (χ3v) is 2.27. The van der Waals surface area contributed by atoms with E-state index in [0.717, 1.165) is 15.6 Å². The third-order valence-electron chi connectivity index (χ3n) is 1.65. The van der Waals surface area contributed by atoms with Crippen molar-refractivity contribution in [2.75, 3.05) is 0 Å². The van der Waals surface area contributed by atoms with Crippen molar-refractivity contribution in [3.05, 3.63) is 33.3 Å². The number of hydrogen-bond acceptors (Lipinski definition) is 2. The zero-order chi connectivity index (χ0) is 9.14. The standard InChI is InChI=1S/C9H9BrN2/c1-6-2-7(4-11)8(5-12)9(10)3-6/h2-3H,4,11H2,1H3. The van der Waals surface area contributed by atoms with Gasteiger partial charge in [-0.15, -0.1) is 0 Å². The van der Waals surface area contributed by atoms with E-state index in [4.69, 9.17) is 11.0 Å². The minimum atomic E-state index is 0.406. The summed E-state index contributed by atoms with van der Waals surface area (Å²) in [5, 5.41) is 8.79. The maximum atomic E-state index is 8.79. The number of benzene rings is 1. The van der Waals surface area contributed by atoms with E-state index in [9.17, 15) is 0 Å². The summed E-state index contributed by atoms with van der Waals surface area (Å²) in [7, 11) is 0. The van der Waals surface area contributed by atoms with Crippen LogP contribution in [0.3, 0.4) is 0 Å². The molecule has 0 saturated carbocycles. The molecule has 0 aliphatic heterocycles. The lowest BCUT2D eigenvalue weighted by Gasteiger charge is -2.04. The zero-order valence-electron chi connectivity index (χ0n) is 6.76. The van der Waals surface area contributed by atoms with Gasteiger partial charge in [-0.1, -0.05) is 6.07 Å². The summed E-state index contributed by atoms with van der Waals surface area (Å²) in [6.45, 7) is 2.38. The van der Waals surface area contributed by atoms with Crippen molar-refractivity contribution >= 4 is 15.9 Å². The number of hydrogen-bond donors (Lipinski definition) is 1. The van der Waals surface area contributed by atoms with Crippen LogP contribution in [0.2, 0.25) is 0 Å². The van der Waals surface area contributed by atoms with Gasteiger partial charge >= 0.3 is 0 Å². The Kier molecular flexibility index (Phi) is 2.85. The molecule has 0 aliphatic rings. The fraction of sp³-hybridized carbons (Fsp3) is 0.222. The molecule has 0 fully saturated rings. The highest BCUT2D eigenvalue weighted by molar-refractivity contribution is 9.10. The second-order valence-corrected chi connectivity index (χ2v) is 3.45. The zero-order valence-corrected chi connectivity index (χ0v) is 8.35. The van der Waals surface area contributed by atoms with Gasteiger partial charge in [-0.25, -0.2) is 0 Å². The first-order valence-corrected chi connectivity index (χ1v) is 4.37. The lowest BCUT2D eigenvalue weighted by atomic mass is 10.1. The minimum absolute atomic E-state index is 0.406. The lowest BCUT2D eigenvalue weighted by Crippen LogP contribution is -2.00. The molecular formula is C9H9BrN2. The van der Waals surface area contributed by atoms with E-state index in [-0.39, 0.29) is 0 Å². The summed E-state index contributed by atoms with van der Waals surface area (Å²) in [5.41, 5.74) is 8.14. The normalized spacial score (nSPS) is 9.50. The Labute approximate surface area is 80.1 Å². The van der Waals surface area contributed by atoms with Crippen LogP contribution in [0, 0.1) is 18.3 Å².